The Morgan fingerprint density at radius 2 is 1.81 bits per heavy atom. The molecule has 1 aliphatic heterocycles. The smallest absolute Gasteiger partial charge is 0.252 e. The lowest BCUT2D eigenvalue weighted by molar-refractivity contribution is -0.123. The van der Waals surface area contributed by atoms with E-state index >= 15 is 0 Å². The molecule has 7 nitrogen and oxygen atoms in total. The van der Waals surface area contributed by atoms with E-state index in [0.717, 1.165) is 11.4 Å². The number of hydrogen-bond acceptors (Lipinski definition) is 5. The van der Waals surface area contributed by atoms with Crippen LogP contribution in [0.25, 0.3) is 0 Å². The van der Waals surface area contributed by atoms with Crippen LogP contribution in [0.15, 0.2) is 53.5 Å². The average molecular weight is 373 g/mol. The fourth-order valence-electron chi connectivity index (χ4n) is 2.38. The van der Waals surface area contributed by atoms with Gasteiger partial charge in [0.15, 0.2) is 0 Å². The van der Waals surface area contributed by atoms with Gasteiger partial charge >= 0.3 is 0 Å². The molecule has 0 saturated carbocycles. The first-order valence-corrected chi connectivity index (χ1v) is 8.26. The van der Waals surface area contributed by atoms with Gasteiger partial charge < -0.3 is 15.4 Å². The number of carbonyl (C=O) groups excluding carboxylic acids is 2. The maximum atomic E-state index is 12.1. The van der Waals surface area contributed by atoms with Gasteiger partial charge in [0, 0.05) is 16.4 Å². The Balaban J connectivity index is 1.58. The first-order valence-electron chi connectivity index (χ1n) is 7.88. The van der Waals surface area contributed by atoms with E-state index in [1.165, 1.54) is 0 Å². The molecule has 26 heavy (non-hydrogen) atoms. The largest absolute Gasteiger partial charge is 0.497 e. The Labute approximate surface area is 155 Å². The van der Waals surface area contributed by atoms with Crippen LogP contribution >= 0.6 is 11.6 Å². The summed E-state index contributed by atoms with van der Waals surface area (Å²) in [6.45, 7) is 0. The summed E-state index contributed by atoms with van der Waals surface area (Å²) >= 11 is 5.81. The van der Waals surface area contributed by atoms with Gasteiger partial charge in [0.05, 0.1) is 13.5 Å². The highest BCUT2D eigenvalue weighted by molar-refractivity contribution is 6.30. The quantitative estimate of drug-likeness (QED) is 0.752. The lowest BCUT2D eigenvalue weighted by Gasteiger charge is -2.06. The van der Waals surface area contributed by atoms with Gasteiger partial charge in [0.1, 0.15) is 11.8 Å². The Hall–Kier alpha value is -3.06. The number of benzene rings is 2. The van der Waals surface area contributed by atoms with Crippen LogP contribution in [0, 0.1) is 0 Å². The number of hydrogen-bond donors (Lipinski definition) is 3. The summed E-state index contributed by atoms with van der Waals surface area (Å²) in [7, 11) is 1.59. The summed E-state index contributed by atoms with van der Waals surface area (Å²) in [5.74, 6) is 0.406. The van der Waals surface area contributed by atoms with Crippen LogP contribution in [-0.4, -0.2) is 30.9 Å². The first-order chi connectivity index (χ1) is 12.5. The van der Waals surface area contributed by atoms with E-state index < -0.39 is 6.04 Å². The molecule has 0 bridgehead atoms. The highest BCUT2D eigenvalue weighted by Crippen LogP contribution is 2.17. The minimum absolute atomic E-state index is 0.0533. The molecule has 1 aliphatic rings. The van der Waals surface area contributed by atoms with Crippen LogP contribution < -0.4 is 20.7 Å². The highest BCUT2D eigenvalue weighted by atomic mass is 35.5. The summed E-state index contributed by atoms with van der Waals surface area (Å²) in [6.07, 6.45) is -0.0533. The lowest BCUT2D eigenvalue weighted by Crippen LogP contribution is -2.33. The third-order valence-corrected chi connectivity index (χ3v) is 3.94. The number of ether oxygens (including phenoxy) is 1. The zero-order valence-electron chi connectivity index (χ0n) is 14.0. The molecule has 1 atom stereocenters. The second-order valence-corrected chi connectivity index (χ2v) is 6.03. The zero-order chi connectivity index (χ0) is 18.5. The first kappa shape index (κ1) is 17.8. The number of methoxy groups -OCH3 is 1. The third kappa shape index (κ3) is 4.52. The third-order valence-electron chi connectivity index (χ3n) is 3.69. The van der Waals surface area contributed by atoms with Crippen molar-refractivity contribution in [2.45, 2.75) is 12.5 Å². The van der Waals surface area contributed by atoms with E-state index in [1.807, 2.05) is 0 Å². The van der Waals surface area contributed by atoms with Crippen LogP contribution in [0.5, 0.6) is 5.75 Å². The SMILES string of the molecule is COc1ccc(NC2=N[C@@H](CC(=O)Nc3ccc(Cl)cc3)C(=O)N2)cc1. The van der Waals surface area contributed by atoms with E-state index in [-0.39, 0.29) is 18.2 Å². The maximum Gasteiger partial charge on any atom is 0.252 e. The molecular weight excluding hydrogens is 356 g/mol. The molecule has 0 spiro atoms. The summed E-state index contributed by atoms with van der Waals surface area (Å²) < 4.78 is 5.09. The fraction of sp³-hybridized carbons (Fsp3) is 0.167. The minimum atomic E-state index is -0.775. The second-order valence-electron chi connectivity index (χ2n) is 5.60. The van der Waals surface area contributed by atoms with Crippen molar-refractivity contribution >= 4 is 40.7 Å². The average Bonchev–Trinajstić information content (AvgIpc) is 2.96. The molecule has 0 aromatic heterocycles. The van der Waals surface area contributed by atoms with Gasteiger partial charge in [-0.1, -0.05) is 11.6 Å². The molecule has 0 fully saturated rings. The number of rotatable bonds is 5. The van der Waals surface area contributed by atoms with Crippen molar-refractivity contribution in [3.63, 3.8) is 0 Å². The van der Waals surface area contributed by atoms with Crippen LogP contribution in [0.4, 0.5) is 11.4 Å². The van der Waals surface area contributed by atoms with Crippen LogP contribution in [-0.2, 0) is 9.59 Å². The van der Waals surface area contributed by atoms with E-state index in [0.29, 0.717) is 16.7 Å². The van der Waals surface area contributed by atoms with Crippen molar-refractivity contribution < 1.29 is 14.3 Å². The standard InChI is InChI=1S/C18H17ClN4O3/c1-26-14-8-6-13(7-9-14)21-18-22-15(17(25)23-18)10-16(24)20-12-4-2-11(19)3-5-12/h2-9,15H,10H2,1H3,(H,20,24)(H2,21,22,23,25)/t15-/m0/s1. The molecule has 2 aromatic rings. The molecule has 0 saturated heterocycles. The number of nitrogens with zero attached hydrogens (tertiary/aromatic N) is 1. The van der Waals surface area contributed by atoms with E-state index in [4.69, 9.17) is 16.3 Å². The molecule has 2 aromatic carbocycles. The minimum Gasteiger partial charge on any atom is -0.497 e. The number of guanidine groups is 1. The Bertz CT molecular complexity index is 835. The van der Waals surface area contributed by atoms with E-state index in [2.05, 4.69) is 20.9 Å². The van der Waals surface area contributed by atoms with Gasteiger partial charge in [-0.25, -0.2) is 4.99 Å². The van der Waals surface area contributed by atoms with Crippen LogP contribution in [0.2, 0.25) is 5.02 Å². The van der Waals surface area contributed by atoms with Crippen LogP contribution in [0.3, 0.4) is 0 Å². The predicted octanol–water partition coefficient (Wildman–Crippen LogP) is 2.64. The Morgan fingerprint density at radius 3 is 2.46 bits per heavy atom. The molecule has 3 rings (SSSR count). The molecule has 2 amide bonds. The van der Waals surface area contributed by atoms with Crippen molar-refractivity contribution in [1.82, 2.24) is 5.32 Å². The van der Waals surface area contributed by atoms with Crippen molar-refractivity contribution in [2.75, 3.05) is 17.7 Å². The van der Waals surface area contributed by atoms with Gasteiger partial charge in [-0.3, -0.25) is 14.9 Å². The van der Waals surface area contributed by atoms with E-state index in [9.17, 15) is 9.59 Å². The molecule has 0 unspecified atom stereocenters. The molecule has 0 aliphatic carbocycles. The van der Waals surface area contributed by atoms with Gasteiger partial charge in [-0.05, 0) is 48.5 Å². The van der Waals surface area contributed by atoms with Crippen molar-refractivity contribution in [3.8, 4) is 5.75 Å². The molecule has 1 heterocycles. The van der Waals surface area contributed by atoms with Crippen molar-refractivity contribution in [1.29, 1.82) is 0 Å². The van der Waals surface area contributed by atoms with E-state index in [1.54, 1.807) is 55.6 Å². The van der Waals surface area contributed by atoms with Gasteiger partial charge in [-0.2, -0.15) is 0 Å². The molecule has 134 valence electrons. The normalized spacial score (nSPS) is 15.8. The van der Waals surface area contributed by atoms with Crippen LogP contribution in [0.1, 0.15) is 6.42 Å². The molecule has 8 heteroatoms. The van der Waals surface area contributed by atoms with Gasteiger partial charge in [-0.15, -0.1) is 0 Å². The summed E-state index contributed by atoms with van der Waals surface area (Å²) in [6, 6.07) is 13.1. The Kier molecular flexibility index (Phi) is 5.38. The zero-order valence-corrected chi connectivity index (χ0v) is 14.7. The number of anilines is 2. The van der Waals surface area contributed by atoms with Crippen molar-refractivity contribution in [2.24, 2.45) is 4.99 Å². The number of nitrogens with one attached hydrogen (secondary N) is 3. The Morgan fingerprint density at radius 1 is 1.15 bits per heavy atom. The maximum absolute atomic E-state index is 12.1. The number of carbonyl (C=O) groups is 2. The number of aliphatic imine (C=N–C) groups is 1. The number of amides is 2. The van der Waals surface area contributed by atoms with Gasteiger partial charge in [0.25, 0.3) is 5.91 Å². The summed E-state index contributed by atoms with van der Waals surface area (Å²) in [4.78, 5) is 28.4. The summed E-state index contributed by atoms with van der Waals surface area (Å²) in [5.41, 5.74) is 1.36. The summed E-state index contributed by atoms with van der Waals surface area (Å²) in [5, 5.41) is 8.92. The highest BCUT2D eigenvalue weighted by Gasteiger charge is 2.28. The fourth-order valence-corrected chi connectivity index (χ4v) is 2.51. The molecule has 3 N–H and O–H groups in total. The topological polar surface area (TPSA) is 91.8 Å². The van der Waals surface area contributed by atoms with Crippen molar-refractivity contribution in [3.05, 3.63) is 53.6 Å². The second kappa shape index (κ2) is 7.88. The number of halogens is 1. The molecular formula is C18H17ClN4O3. The monoisotopic (exact) mass is 372 g/mol. The molecule has 0 radical (unpaired) electrons. The lowest BCUT2D eigenvalue weighted by atomic mass is 10.2. The van der Waals surface area contributed by atoms with Gasteiger partial charge in [0.2, 0.25) is 11.9 Å². The predicted molar refractivity (Wildman–Crippen MR) is 101 cm³/mol.